The zero-order chi connectivity index (χ0) is 11.5. The Morgan fingerprint density at radius 3 is 2.81 bits per heavy atom. The fourth-order valence-corrected chi connectivity index (χ4v) is 2.36. The molecule has 0 bridgehead atoms. The molecule has 0 aliphatic carbocycles. The molecule has 0 fully saturated rings. The van der Waals surface area contributed by atoms with Crippen molar-refractivity contribution in [3.8, 4) is 16.3 Å². The average molecular weight is 275 g/mol. The average Bonchev–Trinajstić information content (AvgIpc) is 2.77. The molecule has 84 valence electrons. The normalized spacial score (nSPS) is 10.4. The highest BCUT2D eigenvalue weighted by atomic mass is 35.5. The third-order valence-corrected chi connectivity index (χ3v) is 3.58. The molecule has 1 aromatic heterocycles. The van der Waals surface area contributed by atoms with E-state index < -0.39 is 0 Å². The number of benzene rings is 1. The Balaban J connectivity index is 2.46. The van der Waals surface area contributed by atoms with Crippen molar-refractivity contribution < 1.29 is 4.74 Å². The number of nitrogens with zero attached hydrogens (tertiary/aromatic N) is 2. The second-order valence-electron chi connectivity index (χ2n) is 2.98. The predicted octanol–water partition coefficient (Wildman–Crippen LogP) is 3.61. The maximum absolute atomic E-state index is 5.88. The highest BCUT2D eigenvalue weighted by molar-refractivity contribution is 7.14. The Hall–Kier alpha value is -0.840. The molecule has 0 aliphatic rings. The zero-order valence-corrected chi connectivity index (χ0v) is 10.7. The molecule has 16 heavy (non-hydrogen) atoms. The molecule has 0 aliphatic heterocycles. The molecule has 0 radical (unpaired) electrons. The summed E-state index contributed by atoms with van der Waals surface area (Å²) in [4.78, 5) is 0. The molecule has 0 amide bonds. The molecule has 6 heteroatoms. The van der Waals surface area contributed by atoms with Crippen LogP contribution in [0.5, 0.6) is 5.75 Å². The maximum Gasteiger partial charge on any atom is 0.151 e. The molecule has 0 unspecified atom stereocenters. The number of halogens is 2. The van der Waals surface area contributed by atoms with E-state index in [4.69, 9.17) is 27.9 Å². The third-order valence-electron chi connectivity index (χ3n) is 1.98. The monoisotopic (exact) mass is 274 g/mol. The lowest BCUT2D eigenvalue weighted by Gasteiger charge is -2.05. The van der Waals surface area contributed by atoms with Crippen LogP contribution in [0, 0.1) is 0 Å². The van der Waals surface area contributed by atoms with Crippen molar-refractivity contribution in [2.24, 2.45) is 0 Å². The number of methoxy groups -OCH3 is 1. The van der Waals surface area contributed by atoms with E-state index in [0.29, 0.717) is 16.7 Å². The molecular weight excluding hydrogens is 267 g/mol. The first-order chi connectivity index (χ1) is 7.74. The van der Waals surface area contributed by atoms with E-state index in [9.17, 15) is 0 Å². The standard InChI is InChI=1S/C10H8Cl2N2OS/c1-15-8-4-6(12)2-3-7(8)10-14-13-9(5-11)16-10/h2-4H,5H2,1H3. The Labute approximate surface area is 107 Å². The van der Waals surface area contributed by atoms with Crippen molar-refractivity contribution in [2.45, 2.75) is 5.88 Å². The second-order valence-corrected chi connectivity index (χ2v) is 4.74. The number of ether oxygens (including phenoxy) is 1. The van der Waals surface area contributed by atoms with E-state index in [1.54, 1.807) is 19.2 Å². The minimum absolute atomic E-state index is 0.369. The van der Waals surface area contributed by atoms with E-state index in [1.807, 2.05) is 6.07 Å². The quantitative estimate of drug-likeness (QED) is 0.803. The zero-order valence-electron chi connectivity index (χ0n) is 8.41. The number of aromatic nitrogens is 2. The Bertz CT molecular complexity index is 501. The van der Waals surface area contributed by atoms with Crippen LogP contribution in [0.4, 0.5) is 0 Å². The largest absolute Gasteiger partial charge is 0.496 e. The van der Waals surface area contributed by atoms with Crippen molar-refractivity contribution in [1.82, 2.24) is 10.2 Å². The van der Waals surface area contributed by atoms with Crippen molar-refractivity contribution in [2.75, 3.05) is 7.11 Å². The molecule has 0 N–H and O–H groups in total. The van der Waals surface area contributed by atoms with E-state index in [2.05, 4.69) is 10.2 Å². The smallest absolute Gasteiger partial charge is 0.151 e. The molecule has 0 saturated carbocycles. The number of rotatable bonds is 3. The Morgan fingerprint density at radius 1 is 1.38 bits per heavy atom. The van der Waals surface area contributed by atoms with Crippen molar-refractivity contribution in [3.63, 3.8) is 0 Å². The number of hydrogen-bond acceptors (Lipinski definition) is 4. The lowest BCUT2D eigenvalue weighted by Crippen LogP contribution is -1.87. The lowest BCUT2D eigenvalue weighted by atomic mass is 10.2. The minimum atomic E-state index is 0.369. The summed E-state index contributed by atoms with van der Waals surface area (Å²) in [5.41, 5.74) is 0.876. The van der Waals surface area contributed by atoms with Gasteiger partial charge < -0.3 is 4.74 Å². The Kier molecular flexibility index (Phi) is 3.63. The molecule has 2 rings (SSSR count). The van der Waals surface area contributed by atoms with Crippen LogP contribution in [0.25, 0.3) is 10.6 Å². The third kappa shape index (κ3) is 2.29. The maximum atomic E-state index is 5.88. The van der Waals surface area contributed by atoms with Gasteiger partial charge in [-0.25, -0.2) is 0 Å². The van der Waals surface area contributed by atoms with Gasteiger partial charge in [0.25, 0.3) is 0 Å². The molecule has 1 heterocycles. The first kappa shape index (κ1) is 11.6. The van der Waals surface area contributed by atoms with Crippen LogP contribution in [0.15, 0.2) is 18.2 Å². The number of hydrogen-bond donors (Lipinski definition) is 0. The first-order valence-corrected chi connectivity index (χ1v) is 6.19. The first-order valence-electron chi connectivity index (χ1n) is 4.47. The summed E-state index contributed by atoms with van der Waals surface area (Å²) in [6.45, 7) is 0. The van der Waals surface area contributed by atoms with Crippen LogP contribution < -0.4 is 4.74 Å². The predicted molar refractivity (Wildman–Crippen MR) is 66.5 cm³/mol. The molecule has 3 nitrogen and oxygen atoms in total. The summed E-state index contributed by atoms with van der Waals surface area (Å²) in [5, 5.41) is 10.2. The molecule has 0 saturated heterocycles. The fraction of sp³-hybridized carbons (Fsp3) is 0.200. The summed E-state index contributed by atoms with van der Waals surface area (Å²) in [7, 11) is 1.60. The van der Waals surface area contributed by atoms with Crippen LogP contribution in [0.1, 0.15) is 5.01 Å². The van der Waals surface area contributed by atoms with E-state index in [1.165, 1.54) is 11.3 Å². The van der Waals surface area contributed by atoms with Crippen LogP contribution in [0.2, 0.25) is 5.02 Å². The van der Waals surface area contributed by atoms with Crippen molar-refractivity contribution in [3.05, 3.63) is 28.2 Å². The topological polar surface area (TPSA) is 35.0 Å². The van der Waals surface area contributed by atoms with Gasteiger partial charge in [-0.2, -0.15) is 0 Å². The van der Waals surface area contributed by atoms with E-state index >= 15 is 0 Å². The van der Waals surface area contributed by atoms with Gasteiger partial charge in [-0.15, -0.1) is 21.8 Å². The summed E-state index contributed by atoms with van der Waals surface area (Å²) in [6, 6.07) is 5.40. The summed E-state index contributed by atoms with van der Waals surface area (Å²) in [6.07, 6.45) is 0. The SMILES string of the molecule is COc1cc(Cl)ccc1-c1nnc(CCl)s1. The van der Waals surface area contributed by atoms with Gasteiger partial charge in [0.1, 0.15) is 10.8 Å². The minimum Gasteiger partial charge on any atom is -0.496 e. The van der Waals surface area contributed by atoms with Gasteiger partial charge in [0.2, 0.25) is 0 Å². The second kappa shape index (κ2) is 4.99. The van der Waals surface area contributed by atoms with Gasteiger partial charge in [-0.1, -0.05) is 22.9 Å². The molecule has 0 atom stereocenters. The van der Waals surface area contributed by atoms with Crippen LogP contribution >= 0.6 is 34.5 Å². The lowest BCUT2D eigenvalue weighted by molar-refractivity contribution is 0.416. The van der Waals surface area contributed by atoms with Gasteiger partial charge >= 0.3 is 0 Å². The molecular formula is C10H8Cl2N2OS. The summed E-state index contributed by atoms with van der Waals surface area (Å²) in [5.74, 6) is 1.05. The summed E-state index contributed by atoms with van der Waals surface area (Å²) >= 11 is 13.0. The fourth-order valence-electron chi connectivity index (χ4n) is 1.26. The van der Waals surface area contributed by atoms with Crippen molar-refractivity contribution >= 4 is 34.5 Å². The summed E-state index contributed by atoms with van der Waals surface area (Å²) < 4.78 is 5.24. The molecule has 1 aromatic carbocycles. The molecule has 0 spiro atoms. The Morgan fingerprint density at radius 2 is 2.19 bits per heavy atom. The number of alkyl halides is 1. The van der Waals surface area contributed by atoms with Crippen LogP contribution in [-0.2, 0) is 5.88 Å². The van der Waals surface area contributed by atoms with Crippen LogP contribution in [0.3, 0.4) is 0 Å². The van der Waals surface area contributed by atoms with Gasteiger partial charge in [-0.3, -0.25) is 0 Å². The van der Waals surface area contributed by atoms with Crippen molar-refractivity contribution in [1.29, 1.82) is 0 Å². The molecule has 2 aromatic rings. The van der Waals surface area contributed by atoms with Crippen LogP contribution in [-0.4, -0.2) is 17.3 Å². The highest BCUT2D eigenvalue weighted by Crippen LogP contribution is 2.34. The van der Waals surface area contributed by atoms with E-state index in [0.717, 1.165) is 15.6 Å². The van der Waals surface area contributed by atoms with Gasteiger partial charge in [0.05, 0.1) is 18.6 Å². The van der Waals surface area contributed by atoms with Gasteiger partial charge in [-0.05, 0) is 18.2 Å². The van der Waals surface area contributed by atoms with Gasteiger partial charge in [0, 0.05) is 5.02 Å². The highest BCUT2D eigenvalue weighted by Gasteiger charge is 2.11. The van der Waals surface area contributed by atoms with Gasteiger partial charge in [0.15, 0.2) is 5.01 Å². The van der Waals surface area contributed by atoms with E-state index in [-0.39, 0.29) is 0 Å².